The van der Waals surface area contributed by atoms with E-state index in [-0.39, 0.29) is 48.7 Å². The number of rotatable bonds is 9. The van der Waals surface area contributed by atoms with E-state index in [1.54, 1.807) is 6.92 Å². The largest absolute Gasteiger partial charge is 0.464 e. The van der Waals surface area contributed by atoms with Crippen LogP contribution in [0.3, 0.4) is 0 Å². The number of carbonyl (C=O) groups excluding carboxylic acids is 3. The number of amides is 2. The van der Waals surface area contributed by atoms with Crippen molar-refractivity contribution in [2.75, 3.05) is 13.2 Å². The summed E-state index contributed by atoms with van der Waals surface area (Å²) in [4.78, 5) is 37.7. The van der Waals surface area contributed by atoms with Gasteiger partial charge in [-0.2, -0.15) is 0 Å². The van der Waals surface area contributed by atoms with Crippen molar-refractivity contribution < 1.29 is 19.1 Å². The van der Waals surface area contributed by atoms with E-state index in [1.807, 2.05) is 34.6 Å². The van der Waals surface area contributed by atoms with Crippen molar-refractivity contribution >= 4 is 17.8 Å². The lowest BCUT2D eigenvalue weighted by Crippen LogP contribution is -2.44. The molecule has 0 aliphatic heterocycles. The number of ether oxygens (including phenoxy) is 1. The van der Waals surface area contributed by atoms with Gasteiger partial charge in [-0.3, -0.25) is 19.3 Å². The van der Waals surface area contributed by atoms with Crippen LogP contribution in [0.2, 0.25) is 0 Å². The highest BCUT2D eigenvalue weighted by Crippen LogP contribution is 2.13. The molecule has 0 saturated heterocycles. The van der Waals surface area contributed by atoms with Crippen LogP contribution in [0.15, 0.2) is 0 Å². The van der Waals surface area contributed by atoms with Gasteiger partial charge in [0.15, 0.2) is 0 Å². The molecule has 128 valence electrons. The third-order valence-corrected chi connectivity index (χ3v) is 4.17. The van der Waals surface area contributed by atoms with Crippen LogP contribution < -0.4 is 0 Å². The first-order valence-corrected chi connectivity index (χ1v) is 8.31. The number of hydrogen-bond acceptors (Lipinski definition) is 4. The molecule has 0 heterocycles. The van der Waals surface area contributed by atoms with E-state index in [0.717, 1.165) is 0 Å². The summed E-state index contributed by atoms with van der Waals surface area (Å²) in [6, 6.07) is 0. The lowest BCUT2D eigenvalue weighted by molar-refractivity contribution is -0.155. The maximum Gasteiger partial charge on any atom is 0.308 e. The predicted octanol–water partition coefficient (Wildman–Crippen LogP) is 3.02. The highest BCUT2D eigenvalue weighted by atomic mass is 16.5. The Hall–Kier alpha value is -1.39. The van der Waals surface area contributed by atoms with E-state index in [4.69, 9.17) is 4.74 Å². The summed E-state index contributed by atoms with van der Waals surface area (Å²) in [5.74, 6) is -1.24. The number of esters is 1. The molecule has 0 bridgehead atoms. The Kier molecular flexibility index (Phi) is 9.70. The Morgan fingerprint density at radius 1 is 0.818 bits per heavy atom. The molecule has 2 amide bonds. The third kappa shape index (κ3) is 6.16. The third-order valence-electron chi connectivity index (χ3n) is 4.17. The number of imide groups is 1. The van der Waals surface area contributed by atoms with E-state index in [1.165, 1.54) is 4.90 Å². The molecule has 22 heavy (non-hydrogen) atoms. The molecule has 0 aromatic rings. The Labute approximate surface area is 134 Å². The predicted molar refractivity (Wildman–Crippen MR) is 86.0 cm³/mol. The molecule has 0 fully saturated rings. The molecule has 0 spiro atoms. The second kappa shape index (κ2) is 10.4. The standard InChI is InChI=1S/C17H31NO4/c1-7-12(4)15(19)18(16(20)13(5)8-2)10-11-22-17(21)14(6)9-3/h12-14H,7-11H2,1-6H3. The fourth-order valence-corrected chi connectivity index (χ4v) is 1.76. The lowest BCUT2D eigenvalue weighted by atomic mass is 10.0. The van der Waals surface area contributed by atoms with Gasteiger partial charge in [0.25, 0.3) is 0 Å². The molecule has 0 aliphatic rings. The van der Waals surface area contributed by atoms with Crippen LogP contribution in [0.25, 0.3) is 0 Å². The van der Waals surface area contributed by atoms with Crippen LogP contribution in [0.5, 0.6) is 0 Å². The zero-order chi connectivity index (χ0) is 17.3. The van der Waals surface area contributed by atoms with Gasteiger partial charge in [0.2, 0.25) is 11.8 Å². The molecule has 5 heteroatoms. The molecule has 0 N–H and O–H groups in total. The minimum Gasteiger partial charge on any atom is -0.464 e. The molecule has 3 unspecified atom stereocenters. The summed E-state index contributed by atoms with van der Waals surface area (Å²) in [6.07, 6.45) is 2.06. The normalized spacial score (nSPS) is 14.8. The minimum absolute atomic E-state index is 0.0630. The fraction of sp³-hybridized carbons (Fsp3) is 0.824. The zero-order valence-corrected chi connectivity index (χ0v) is 14.8. The summed E-state index contributed by atoms with van der Waals surface area (Å²) in [5, 5.41) is 0. The SMILES string of the molecule is CCC(C)C(=O)OCCN(C(=O)C(C)CC)C(=O)C(C)CC. The first-order chi connectivity index (χ1) is 10.3. The van der Waals surface area contributed by atoms with Crippen LogP contribution in [-0.4, -0.2) is 35.8 Å². The van der Waals surface area contributed by atoms with Crippen molar-refractivity contribution in [1.82, 2.24) is 4.90 Å². The van der Waals surface area contributed by atoms with Gasteiger partial charge in [-0.25, -0.2) is 0 Å². The summed E-state index contributed by atoms with van der Waals surface area (Å²) >= 11 is 0. The quantitative estimate of drug-likeness (QED) is 0.614. The maximum absolute atomic E-state index is 12.4. The highest BCUT2D eigenvalue weighted by Gasteiger charge is 2.28. The molecule has 0 saturated carbocycles. The van der Waals surface area contributed by atoms with Gasteiger partial charge in [0.05, 0.1) is 12.5 Å². The highest BCUT2D eigenvalue weighted by molar-refractivity contribution is 5.97. The van der Waals surface area contributed by atoms with Gasteiger partial charge in [0.1, 0.15) is 6.61 Å². The molecular weight excluding hydrogens is 282 g/mol. The minimum atomic E-state index is -0.283. The van der Waals surface area contributed by atoms with E-state index in [9.17, 15) is 14.4 Å². The van der Waals surface area contributed by atoms with E-state index in [0.29, 0.717) is 19.3 Å². The maximum atomic E-state index is 12.4. The Morgan fingerprint density at radius 2 is 1.23 bits per heavy atom. The average Bonchev–Trinajstić information content (AvgIpc) is 2.54. The average molecular weight is 313 g/mol. The number of nitrogens with zero attached hydrogens (tertiary/aromatic N) is 1. The molecule has 3 atom stereocenters. The van der Waals surface area contributed by atoms with Crippen molar-refractivity contribution in [2.45, 2.75) is 60.8 Å². The first kappa shape index (κ1) is 20.6. The van der Waals surface area contributed by atoms with E-state index >= 15 is 0 Å². The van der Waals surface area contributed by atoms with Gasteiger partial charge < -0.3 is 4.74 Å². The second-order valence-electron chi connectivity index (χ2n) is 5.92. The summed E-state index contributed by atoms with van der Waals surface area (Å²) in [7, 11) is 0. The molecular formula is C17H31NO4. The summed E-state index contributed by atoms with van der Waals surface area (Å²) < 4.78 is 5.17. The molecule has 0 rings (SSSR count). The van der Waals surface area contributed by atoms with Gasteiger partial charge in [-0.05, 0) is 19.3 Å². The molecule has 0 aliphatic carbocycles. The van der Waals surface area contributed by atoms with E-state index in [2.05, 4.69) is 0 Å². The van der Waals surface area contributed by atoms with E-state index < -0.39 is 0 Å². The topological polar surface area (TPSA) is 63.7 Å². The van der Waals surface area contributed by atoms with Crippen molar-refractivity contribution in [3.05, 3.63) is 0 Å². The van der Waals surface area contributed by atoms with Crippen LogP contribution in [0, 0.1) is 17.8 Å². The molecule has 5 nitrogen and oxygen atoms in total. The van der Waals surface area contributed by atoms with Crippen molar-refractivity contribution in [3.63, 3.8) is 0 Å². The van der Waals surface area contributed by atoms with Crippen LogP contribution in [-0.2, 0) is 19.1 Å². The first-order valence-electron chi connectivity index (χ1n) is 8.31. The van der Waals surface area contributed by atoms with Crippen molar-refractivity contribution in [1.29, 1.82) is 0 Å². The lowest BCUT2D eigenvalue weighted by Gasteiger charge is -2.26. The zero-order valence-electron chi connectivity index (χ0n) is 14.8. The van der Waals surface area contributed by atoms with Crippen LogP contribution in [0.1, 0.15) is 60.8 Å². The fourth-order valence-electron chi connectivity index (χ4n) is 1.76. The Balaban J connectivity index is 4.77. The molecule has 0 radical (unpaired) electrons. The van der Waals surface area contributed by atoms with Gasteiger partial charge >= 0.3 is 5.97 Å². The number of hydrogen-bond donors (Lipinski definition) is 0. The second-order valence-corrected chi connectivity index (χ2v) is 5.92. The van der Waals surface area contributed by atoms with Gasteiger partial charge in [0, 0.05) is 11.8 Å². The Bertz CT molecular complexity index is 359. The van der Waals surface area contributed by atoms with Crippen LogP contribution in [0.4, 0.5) is 0 Å². The smallest absolute Gasteiger partial charge is 0.308 e. The summed E-state index contributed by atoms with van der Waals surface area (Å²) in [5.41, 5.74) is 0. The van der Waals surface area contributed by atoms with Crippen LogP contribution >= 0.6 is 0 Å². The molecule has 0 aromatic carbocycles. The Morgan fingerprint density at radius 3 is 1.59 bits per heavy atom. The van der Waals surface area contributed by atoms with Crippen molar-refractivity contribution in [3.8, 4) is 0 Å². The molecule has 0 aromatic heterocycles. The monoisotopic (exact) mass is 313 g/mol. The number of carbonyl (C=O) groups is 3. The summed E-state index contributed by atoms with van der Waals surface area (Å²) in [6.45, 7) is 11.4. The van der Waals surface area contributed by atoms with Gasteiger partial charge in [-0.15, -0.1) is 0 Å². The van der Waals surface area contributed by atoms with Gasteiger partial charge in [-0.1, -0.05) is 41.5 Å². The van der Waals surface area contributed by atoms with Crippen molar-refractivity contribution in [2.24, 2.45) is 17.8 Å².